The minimum atomic E-state index is -0.829. The van der Waals surface area contributed by atoms with Crippen molar-refractivity contribution in [1.29, 1.82) is 0 Å². The third-order valence-electron chi connectivity index (χ3n) is 2.66. The number of hydrogen-bond donors (Lipinski definition) is 3. The summed E-state index contributed by atoms with van der Waals surface area (Å²) in [6.45, 7) is 2.30. The quantitative estimate of drug-likeness (QED) is 0.720. The Labute approximate surface area is 130 Å². The summed E-state index contributed by atoms with van der Waals surface area (Å²) in [5.74, 6) is -0.733. The van der Waals surface area contributed by atoms with Crippen molar-refractivity contribution in [1.82, 2.24) is 5.32 Å². The zero-order valence-electron chi connectivity index (χ0n) is 11.0. The molecule has 0 aliphatic rings. The predicted molar refractivity (Wildman–Crippen MR) is 82.2 cm³/mol. The summed E-state index contributed by atoms with van der Waals surface area (Å²) in [6.07, 6.45) is 0.626. The number of nitrogens with one attached hydrogen (secondary N) is 2. The highest BCUT2D eigenvalue weighted by Crippen LogP contribution is 2.29. The zero-order chi connectivity index (χ0) is 15.1. The van der Waals surface area contributed by atoms with Crippen LogP contribution in [0.2, 0.25) is 5.02 Å². The molecule has 5 nitrogen and oxygen atoms in total. The molecule has 0 aliphatic carbocycles. The van der Waals surface area contributed by atoms with Gasteiger partial charge >= 0.3 is 12.0 Å². The number of benzene rings is 1. The molecule has 1 unspecified atom stereocenters. The molecule has 3 N–H and O–H groups in total. The maximum Gasteiger partial charge on any atom is 0.319 e. The Morgan fingerprint density at radius 2 is 2.15 bits per heavy atom. The molecule has 0 spiro atoms. The second kappa shape index (κ2) is 8.11. The number of carboxylic acid groups (broad SMARTS) is 1. The van der Waals surface area contributed by atoms with E-state index in [1.807, 2.05) is 6.92 Å². The number of amides is 2. The van der Waals surface area contributed by atoms with E-state index in [0.717, 1.165) is 0 Å². The van der Waals surface area contributed by atoms with Gasteiger partial charge in [0.15, 0.2) is 0 Å². The highest BCUT2D eigenvalue weighted by atomic mass is 79.9. The zero-order valence-corrected chi connectivity index (χ0v) is 13.3. The number of aliphatic carboxylic acids is 1. The Hall–Kier alpha value is -1.27. The van der Waals surface area contributed by atoms with Crippen LogP contribution in [0.1, 0.15) is 19.8 Å². The lowest BCUT2D eigenvalue weighted by Gasteiger charge is -2.13. The Bertz CT molecular complexity index is 497. The maximum absolute atomic E-state index is 11.7. The van der Waals surface area contributed by atoms with Gasteiger partial charge in [0, 0.05) is 13.0 Å². The van der Waals surface area contributed by atoms with E-state index in [2.05, 4.69) is 26.6 Å². The van der Waals surface area contributed by atoms with Crippen molar-refractivity contribution in [3.8, 4) is 0 Å². The molecule has 1 rings (SSSR count). The second-order valence-corrected chi connectivity index (χ2v) is 5.67. The van der Waals surface area contributed by atoms with E-state index in [0.29, 0.717) is 28.1 Å². The summed E-state index contributed by atoms with van der Waals surface area (Å²) in [5, 5.41) is 14.5. The molecule has 110 valence electrons. The minimum absolute atomic E-state index is 0.0969. The number of hydrogen-bond acceptors (Lipinski definition) is 2. The maximum atomic E-state index is 11.7. The molecule has 0 radical (unpaired) electrons. The summed E-state index contributed by atoms with van der Waals surface area (Å²) >= 11 is 9.21. The fourth-order valence-corrected chi connectivity index (χ4v) is 2.04. The first-order valence-electron chi connectivity index (χ1n) is 6.10. The molecular weight excluding hydrogens is 348 g/mol. The lowest BCUT2D eigenvalue weighted by Crippen LogP contribution is -2.32. The number of carboxylic acids is 1. The Morgan fingerprint density at radius 3 is 2.80 bits per heavy atom. The Morgan fingerprint density at radius 1 is 1.45 bits per heavy atom. The lowest BCUT2D eigenvalue weighted by molar-refractivity contribution is -0.137. The molecular formula is C13H16BrClN2O3. The van der Waals surface area contributed by atoms with Gasteiger partial charge in [-0.2, -0.15) is 0 Å². The van der Waals surface area contributed by atoms with Crippen LogP contribution in [-0.4, -0.2) is 23.7 Å². The lowest BCUT2D eigenvalue weighted by atomic mass is 10.1. The van der Waals surface area contributed by atoms with Gasteiger partial charge in [-0.25, -0.2) is 4.79 Å². The molecule has 1 aromatic rings. The number of halogens is 2. The van der Waals surface area contributed by atoms with Crippen LogP contribution in [0.5, 0.6) is 0 Å². The molecule has 0 saturated heterocycles. The van der Waals surface area contributed by atoms with Gasteiger partial charge in [-0.3, -0.25) is 4.79 Å². The average Bonchev–Trinajstić information content (AvgIpc) is 2.39. The molecule has 7 heteroatoms. The third kappa shape index (κ3) is 5.79. The van der Waals surface area contributed by atoms with Gasteiger partial charge in [-0.15, -0.1) is 0 Å². The van der Waals surface area contributed by atoms with Crippen LogP contribution >= 0.6 is 27.5 Å². The van der Waals surface area contributed by atoms with E-state index in [1.165, 1.54) is 0 Å². The largest absolute Gasteiger partial charge is 0.481 e. The molecule has 0 heterocycles. The number of anilines is 1. The van der Waals surface area contributed by atoms with Crippen LogP contribution in [0, 0.1) is 5.92 Å². The van der Waals surface area contributed by atoms with Gasteiger partial charge in [0.25, 0.3) is 0 Å². The SMILES string of the molecule is CC(CCC(=O)O)CNC(=O)Nc1cccc(Cl)c1Br. The fourth-order valence-electron chi connectivity index (χ4n) is 1.51. The van der Waals surface area contributed by atoms with Crippen molar-refractivity contribution in [2.75, 3.05) is 11.9 Å². The molecule has 20 heavy (non-hydrogen) atoms. The fraction of sp³-hybridized carbons (Fsp3) is 0.385. The van der Waals surface area contributed by atoms with Gasteiger partial charge in [0.2, 0.25) is 0 Å². The molecule has 0 saturated carbocycles. The summed E-state index contributed by atoms with van der Waals surface area (Å²) in [5.41, 5.74) is 0.577. The van der Waals surface area contributed by atoms with E-state index in [1.54, 1.807) is 18.2 Å². The van der Waals surface area contributed by atoms with E-state index in [4.69, 9.17) is 16.7 Å². The predicted octanol–water partition coefficient (Wildman–Crippen LogP) is 3.72. The number of rotatable bonds is 6. The second-order valence-electron chi connectivity index (χ2n) is 4.47. The molecule has 2 amide bonds. The van der Waals surface area contributed by atoms with E-state index < -0.39 is 5.97 Å². The van der Waals surface area contributed by atoms with E-state index >= 15 is 0 Å². The van der Waals surface area contributed by atoms with Crippen LogP contribution in [0.3, 0.4) is 0 Å². The van der Waals surface area contributed by atoms with E-state index in [9.17, 15) is 9.59 Å². The third-order valence-corrected chi connectivity index (χ3v) is 4.06. The molecule has 1 atom stereocenters. The molecule has 0 bridgehead atoms. The average molecular weight is 364 g/mol. The van der Waals surface area contributed by atoms with Gasteiger partial charge < -0.3 is 15.7 Å². The van der Waals surface area contributed by atoms with Crippen molar-refractivity contribution in [2.24, 2.45) is 5.92 Å². The Kier molecular flexibility index (Phi) is 6.81. The monoisotopic (exact) mass is 362 g/mol. The Balaban J connectivity index is 2.40. The van der Waals surface area contributed by atoms with E-state index in [-0.39, 0.29) is 18.4 Å². The summed E-state index contributed by atoms with van der Waals surface area (Å²) in [6, 6.07) is 4.82. The smallest absolute Gasteiger partial charge is 0.319 e. The first-order valence-corrected chi connectivity index (χ1v) is 7.28. The topological polar surface area (TPSA) is 78.4 Å². The van der Waals surface area contributed by atoms with Crippen LogP contribution in [-0.2, 0) is 4.79 Å². The number of carbonyl (C=O) groups is 2. The standard InChI is InChI=1S/C13H16BrClN2O3/c1-8(5-6-11(18)19)7-16-13(20)17-10-4-2-3-9(15)12(10)14/h2-4,8H,5-7H2,1H3,(H,18,19)(H2,16,17,20). The molecule has 1 aromatic carbocycles. The number of urea groups is 1. The molecule has 0 aromatic heterocycles. The van der Waals surface area contributed by atoms with Crippen molar-refractivity contribution in [2.45, 2.75) is 19.8 Å². The first kappa shape index (κ1) is 16.8. The van der Waals surface area contributed by atoms with Crippen LogP contribution in [0.4, 0.5) is 10.5 Å². The summed E-state index contributed by atoms with van der Waals surface area (Å²) in [4.78, 5) is 22.2. The van der Waals surface area contributed by atoms with Crippen molar-refractivity contribution in [3.05, 3.63) is 27.7 Å². The molecule has 0 fully saturated rings. The van der Waals surface area contributed by atoms with Crippen molar-refractivity contribution in [3.63, 3.8) is 0 Å². The van der Waals surface area contributed by atoms with Crippen LogP contribution in [0.15, 0.2) is 22.7 Å². The number of carbonyl (C=O) groups excluding carboxylic acids is 1. The van der Waals surface area contributed by atoms with Gasteiger partial charge in [-0.05, 0) is 40.4 Å². The highest BCUT2D eigenvalue weighted by Gasteiger charge is 2.10. The first-order chi connectivity index (χ1) is 9.40. The van der Waals surface area contributed by atoms with Crippen LogP contribution < -0.4 is 10.6 Å². The highest BCUT2D eigenvalue weighted by molar-refractivity contribution is 9.10. The van der Waals surface area contributed by atoms with Crippen molar-refractivity contribution < 1.29 is 14.7 Å². The van der Waals surface area contributed by atoms with Gasteiger partial charge in [0.1, 0.15) is 0 Å². The van der Waals surface area contributed by atoms with Gasteiger partial charge in [0.05, 0.1) is 15.2 Å². The minimum Gasteiger partial charge on any atom is -0.481 e. The normalized spacial score (nSPS) is 11.8. The summed E-state index contributed by atoms with van der Waals surface area (Å²) < 4.78 is 0.621. The van der Waals surface area contributed by atoms with Gasteiger partial charge in [-0.1, -0.05) is 24.6 Å². The summed E-state index contributed by atoms with van der Waals surface area (Å²) in [7, 11) is 0. The van der Waals surface area contributed by atoms with Crippen LogP contribution in [0.25, 0.3) is 0 Å². The molecule has 0 aliphatic heterocycles. The van der Waals surface area contributed by atoms with Crippen molar-refractivity contribution >= 4 is 45.2 Å².